The Kier molecular flexibility index (Phi) is 5.27. The Hall–Kier alpha value is -0.190. The summed E-state index contributed by atoms with van der Waals surface area (Å²) in [5, 5.41) is 0.701. The summed E-state index contributed by atoms with van der Waals surface area (Å²) in [5.41, 5.74) is 0.907. The Morgan fingerprint density at radius 2 is 2.46 bits per heavy atom. The highest BCUT2D eigenvalue weighted by molar-refractivity contribution is 7.99. The summed E-state index contributed by atoms with van der Waals surface area (Å²) in [4.78, 5) is 4.14. The topological polar surface area (TPSA) is 35.3 Å². The number of halogens is 1. The van der Waals surface area contributed by atoms with Crippen molar-refractivity contribution >= 4 is 23.4 Å². The Labute approximate surface area is 86.8 Å². The molecule has 0 spiro atoms. The fourth-order valence-electron chi connectivity index (χ4n) is 0.743. The molecule has 0 atom stereocenters. The van der Waals surface area contributed by atoms with E-state index in [0.29, 0.717) is 24.3 Å². The van der Waals surface area contributed by atoms with Gasteiger partial charge in [-0.05, 0) is 6.92 Å². The number of thioether (sulfide) groups is 1. The van der Waals surface area contributed by atoms with Gasteiger partial charge in [-0.2, -0.15) is 0 Å². The number of aromatic nitrogens is 1. The molecule has 0 N–H and O–H groups in total. The summed E-state index contributed by atoms with van der Waals surface area (Å²) < 4.78 is 10.3. The maximum Gasteiger partial charge on any atom is 0.255 e. The van der Waals surface area contributed by atoms with Crippen molar-refractivity contribution in [2.75, 3.05) is 24.8 Å². The Morgan fingerprint density at radius 1 is 1.62 bits per heavy atom. The van der Waals surface area contributed by atoms with Gasteiger partial charge in [0, 0.05) is 11.6 Å². The zero-order valence-electron chi connectivity index (χ0n) is 7.46. The third-order valence-corrected chi connectivity index (χ3v) is 2.23. The minimum Gasteiger partial charge on any atom is -0.440 e. The normalized spacial score (nSPS) is 10.6. The predicted molar refractivity (Wildman–Crippen MR) is 53.5 cm³/mol. The first-order chi connectivity index (χ1) is 6.33. The monoisotopic (exact) mass is 221 g/mol. The molecule has 1 rings (SSSR count). The standard InChI is InChI=1S/C8H12ClNO2S/c1-7-6-12-8(10-7)13-5-4-11-3-2-9/h6H,2-5H2,1H3. The minimum atomic E-state index is 0.544. The molecule has 1 aromatic rings. The number of hydrogen-bond donors (Lipinski definition) is 0. The summed E-state index contributed by atoms with van der Waals surface area (Å²) >= 11 is 6.98. The van der Waals surface area contributed by atoms with E-state index in [-0.39, 0.29) is 0 Å². The van der Waals surface area contributed by atoms with Crippen LogP contribution in [0.2, 0.25) is 0 Å². The van der Waals surface area contributed by atoms with E-state index in [1.807, 2.05) is 6.92 Å². The summed E-state index contributed by atoms with van der Waals surface area (Å²) in [6, 6.07) is 0. The lowest BCUT2D eigenvalue weighted by atomic mass is 10.6. The lowest BCUT2D eigenvalue weighted by Crippen LogP contribution is -1.99. The Morgan fingerprint density at radius 3 is 3.08 bits per heavy atom. The highest BCUT2D eigenvalue weighted by Crippen LogP contribution is 2.15. The van der Waals surface area contributed by atoms with Crippen molar-refractivity contribution in [3.8, 4) is 0 Å². The average molecular weight is 222 g/mol. The lowest BCUT2D eigenvalue weighted by Gasteiger charge is -1.98. The van der Waals surface area contributed by atoms with Gasteiger partial charge in [0.15, 0.2) is 0 Å². The van der Waals surface area contributed by atoms with Gasteiger partial charge in [0.2, 0.25) is 0 Å². The average Bonchev–Trinajstić information content (AvgIpc) is 2.51. The molecule has 0 aliphatic rings. The maximum absolute atomic E-state index is 5.44. The van der Waals surface area contributed by atoms with E-state index in [4.69, 9.17) is 20.8 Å². The van der Waals surface area contributed by atoms with Gasteiger partial charge in [-0.15, -0.1) is 11.6 Å². The van der Waals surface area contributed by atoms with Crippen LogP contribution in [0.4, 0.5) is 0 Å². The summed E-state index contributed by atoms with van der Waals surface area (Å²) in [6.07, 6.45) is 1.64. The molecular formula is C8H12ClNO2S. The second-order valence-corrected chi connectivity index (χ2v) is 3.83. The molecule has 3 nitrogen and oxygen atoms in total. The number of nitrogens with zero attached hydrogens (tertiary/aromatic N) is 1. The van der Waals surface area contributed by atoms with Crippen molar-refractivity contribution < 1.29 is 9.15 Å². The molecule has 0 radical (unpaired) electrons. The molecule has 0 aromatic carbocycles. The van der Waals surface area contributed by atoms with E-state index in [2.05, 4.69) is 4.98 Å². The van der Waals surface area contributed by atoms with Crippen LogP contribution >= 0.6 is 23.4 Å². The Bertz CT molecular complexity index is 242. The molecule has 0 saturated heterocycles. The second-order valence-electron chi connectivity index (χ2n) is 2.40. The van der Waals surface area contributed by atoms with Gasteiger partial charge >= 0.3 is 0 Å². The second kappa shape index (κ2) is 6.29. The molecular weight excluding hydrogens is 210 g/mol. The zero-order chi connectivity index (χ0) is 9.52. The zero-order valence-corrected chi connectivity index (χ0v) is 9.03. The molecule has 0 unspecified atom stereocenters. The quantitative estimate of drug-likeness (QED) is 0.420. The van der Waals surface area contributed by atoms with Gasteiger partial charge in [0.05, 0.1) is 18.9 Å². The van der Waals surface area contributed by atoms with E-state index < -0.39 is 0 Å². The Balaban J connectivity index is 2.06. The highest BCUT2D eigenvalue weighted by Gasteiger charge is 2.00. The molecule has 13 heavy (non-hydrogen) atoms. The number of aryl methyl sites for hydroxylation is 1. The van der Waals surface area contributed by atoms with Crippen molar-refractivity contribution in [2.24, 2.45) is 0 Å². The largest absolute Gasteiger partial charge is 0.440 e. The molecule has 0 aliphatic carbocycles. The summed E-state index contributed by atoms with van der Waals surface area (Å²) in [6.45, 7) is 3.18. The fraction of sp³-hybridized carbons (Fsp3) is 0.625. The van der Waals surface area contributed by atoms with Crippen LogP contribution in [0.15, 0.2) is 15.9 Å². The molecule has 0 saturated carbocycles. The third kappa shape index (κ3) is 4.55. The van der Waals surface area contributed by atoms with Crippen LogP contribution in [0.3, 0.4) is 0 Å². The van der Waals surface area contributed by atoms with Crippen LogP contribution in [0.1, 0.15) is 5.69 Å². The van der Waals surface area contributed by atoms with E-state index in [9.17, 15) is 0 Å². The summed E-state index contributed by atoms with van der Waals surface area (Å²) in [7, 11) is 0. The van der Waals surface area contributed by atoms with Crippen LogP contribution < -0.4 is 0 Å². The molecule has 1 aromatic heterocycles. The van der Waals surface area contributed by atoms with Gasteiger partial charge in [-0.1, -0.05) is 11.8 Å². The summed E-state index contributed by atoms with van der Waals surface area (Å²) in [5.74, 6) is 1.39. The molecule has 1 heterocycles. The first kappa shape index (κ1) is 10.9. The first-order valence-corrected chi connectivity index (χ1v) is 5.53. The van der Waals surface area contributed by atoms with E-state index in [1.165, 1.54) is 0 Å². The molecule has 0 bridgehead atoms. The van der Waals surface area contributed by atoms with Crippen LogP contribution in [-0.4, -0.2) is 29.8 Å². The van der Waals surface area contributed by atoms with Gasteiger partial charge < -0.3 is 9.15 Å². The maximum atomic E-state index is 5.44. The number of oxazole rings is 1. The van der Waals surface area contributed by atoms with Crippen LogP contribution in [0.5, 0.6) is 0 Å². The number of alkyl halides is 1. The van der Waals surface area contributed by atoms with Crippen molar-refractivity contribution in [2.45, 2.75) is 12.1 Å². The first-order valence-electron chi connectivity index (χ1n) is 4.01. The van der Waals surface area contributed by atoms with Crippen LogP contribution in [0, 0.1) is 6.92 Å². The predicted octanol–water partition coefficient (Wildman–Crippen LogP) is 2.33. The third-order valence-electron chi connectivity index (χ3n) is 1.27. The molecule has 5 heteroatoms. The van der Waals surface area contributed by atoms with Crippen molar-refractivity contribution in [3.05, 3.63) is 12.0 Å². The fourth-order valence-corrected chi connectivity index (χ4v) is 1.55. The molecule has 0 fully saturated rings. The van der Waals surface area contributed by atoms with Gasteiger partial charge in [-0.3, -0.25) is 0 Å². The van der Waals surface area contributed by atoms with Gasteiger partial charge in [0.1, 0.15) is 6.26 Å². The van der Waals surface area contributed by atoms with Gasteiger partial charge in [0.25, 0.3) is 5.22 Å². The highest BCUT2D eigenvalue weighted by atomic mass is 35.5. The van der Waals surface area contributed by atoms with Gasteiger partial charge in [-0.25, -0.2) is 4.98 Å². The number of ether oxygens (including phenoxy) is 1. The van der Waals surface area contributed by atoms with Crippen molar-refractivity contribution in [1.82, 2.24) is 4.98 Å². The molecule has 0 amide bonds. The van der Waals surface area contributed by atoms with E-state index >= 15 is 0 Å². The minimum absolute atomic E-state index is 0.544. The van der Waals surface area contributed by atoms with Crippen LogP contribution in [-0.2, 0) is 4.74 Å². The SMILES string of the molecule is Cc1coc(SCCOCCCl)n1. The van der Waals surface area contributed by atoms with Crippen molar-refractivity contribution in [3.63, 3.8) is 0 Å². The number of rotatable bonds is 6. The van der Waals surface area contributed by atoms with E-state index in [0.717, 1.165) is 11.4 Å². The lowest BCUT2D eigenvalue weighted by molar-refractivity contribution is 0.166. The number of hydrogen-bond acceptors (Lipinski definition) is 4. The molecule has 0 aliphatic heterocycles. The smallest absolute Gasteiger partial charge is 0.255 e. The molecule has 74 valence electrons. The van der Waals surface area contributed by atoms with E-state index in [1.54, 1.807) is 18.0 Å². The van der Waals surface area contributed by atoms with Crippen molar-refractivity contribution in [1.29, 1.82) is 0 Å². The van der Waals surface area contributed by atoms with Crippen LogP contribution in [0.25, 0.3) is 0 Å².